The average molecular weight is 767 g/mol. The van der Waals surface area contributed by atoms with E-state index in [-0.39, 0.29) is 40.4 Å². The number of amides is 4. The minimum absolute atomic E-state index is 0.0336. The molecule has 244 valence electrons. The van der Waals surface area contributed by atoms with Crippen LogP contribution in [0.15, 0.2) is 42.0 Å². The van der Waals surface area contributed by atoms with Crippen molar-refractivity contribution in [3.8, 4) is 11.5 Å². The fraction of sp³-hybridized carbons (Fsp3) is 0.414. The van der Waals surface area contributed by atoms with E-state index >= 15 is 0 Å². The Morgan fingerprint density at radius 2 is 1.80 bits per heavy atom. The molecule has 2 aromatic rings. The molecule has 1 saturated carbocycles. The topological polar surface area (TPSA) is 120 Å². The molecule has 2 aliphatic heterocycles. The maximum atomic E-state index is 14.2. The number of pyridine rings is 1. The molecule has 4 aliphatic rings. The van der Waals surface area contributed by atoms with Crippen LogP contribution in [0.25, 0.3) is 0 Å². The SMILES string of the molecule is COc1cccc(O)c1C1C2=CCC3C(=O)N(N(C)c4nc(C(F)(F)F)ccc4Cl)C(=O)C3C2CC2(Cl)C(=O)N(CBr)C(=O)C12Cl. The zero-order valence-electron chi connectivity index (χ0n) is 23.8. The predicted molar refractivity (Wildman–Crippen MR) is 163 cm³/mol. The van der Waals surface area contributed by atoms with Crippen molar-refractivity contribution in [2.75, 3.05) is 24.6 Å². The molecule has 6 unspecified atom stereocenters. The molecule has 2 saturated heterocycles. The van der Waals surface area contributed by atoms with E-state index in [0.29, 0.717) is 16.6 Å². The van der Waals surface area contributed by atoms with Crippen LogP contribution in [-0.4, -0.2) is 73.0 Å². The molecule has 46 heavy (non-hydrogen) atoms. The second-order valence-electron chi connectivity index (χ2n) is 11.4. The lowest BCUT2D eigenvalue weighted by molar-refractivity contribution is -0.142. The molecule has 3 heterocycles. The Kier molecular flexibility index (Phi) is 7.85. The highest BCUT2D eigenvalue weighted by molar-refractivity contribution is 9.09. The number of methoxy groups -OCH3 is 1. The first kappa shape index (κ1) is 32.9. The number of ether oxygens (including phenoxy) is 1. The molecular formula is C29H23BrCl3F3N4O6. The van der Waals surface area contributed by atoms with Crippen molar-refractivity contribution in [1.29, 1.82) is 0 Å². The Morgan fingerprint density at radius 1 is 1.11 bits per heavy atom. The summed E-state index contributed by atoms with van der Waals surface area (Å²) >= 11 is 23.7. The zero-order valence-corrected chi connectivity index (χ0v) is 27.7. The van der Waals surface area contributed by atoms with Gasteiger partial charge in [-0.3, -0.25) is 29.1 Å². The molecule has 6 rings (SSSR count). The standard InChI is InChI=1S/C29H23BrCl3F3N4O6/c1-38(22-15(31)8-9-18(37-22)29(34,35)36)40-23(42)13-7-6-12-14(19(13)24(40)43)10-27(32)25(44)39(11-30)26(45)28(27,33)21(12)20-16(41)4-3-5-17(20)46-2/h3-6,8-9,13-14,19,21,41H,7,10-11H2,1-2H3. The quantitative estimate of drug-likeness (QED) is 0.190. The molecule has 4 amide bonds. The van der Waals surface area contributed by atoms with Gasteiger partial charge in [-0.15, -0.1) is 23.2 Å². The molecule has 3 fully saturated rings. The summed E-state index contributed by atoms with van der Waals surface area (Å²) in [5.41, 5.74) is -1.09. The number of halogens is 7. The van der Waals surface area contributed by atoms with Crippen molar-refractivity contribution >= 4 is 80.2 Å². The van der Waals surface area contributed by atoms with E-state index in [2.05, 4.69) is 20.9 Å². The molecule has 0 radical (unpaired) electrons. The minimum Gasteiger partial charge on any atom is -0.508 e. The van der Waals surface area contributed by atoms with Crippen LogP contribution in [0.4, 0.5) is 19.0 Å². The summed E-state index contributed by atoms with van der Waals surface area (Å²) in [6, 6.07) is 6.01. The maximum absolute atomic E-state index is 14.2. The lowest BCUT2D eigenvalue weighted by Crippen LogP contribution is -2.60. The van der Waals surface area contributed by atoms with Crippen LogP contribution >= 0.6 is 50.7 Å². The van der Waals surface area contributed by atoms with Crippen molar-refractivity contribution in [3.05, 3.63) is 58.3 Å². The number of carbonyl (C=O) groups is 4. The van der Waals surface area contributed by atoms with Gasteiger partial charge < -0.3 is 9.84 Å². The van der Waals surface area contributed by atoms with Crippen LogP contribution in [0, 0.1) is 17.8 Å². The maximum Gasteiger partial charge on any atom is 0.433 e. The molecule has 10 nitrogen and oxygen atoms in total. The molecular weight excluding hydrogens is 744 g/mol. The number of alkyl halides is 6. The number of benzene rings is 1. The van der Waals surface area contributed by atoms with Crippen molar-refractivity contribution in [2.24, 2.45) is 17.8 Å². The number of hydrazine groups is 1. The first-order valence-corrected chi connectivity index (χ1v) is 16.0. The number of phenols is 1. The van der Waals surface area contributed by atoms with Gasteiger partial charge in [-0.1, -0.05) is 45.2 Å². The molecule has 1 aromatic heterocycles. The van der Waals surface area contributed by atoms with Gasteiger partial charge >= 0.3 is 6.18 Å². The Labute approximate surface area is 283 Å². The summed E-state index contributed by atoms with van der Waals surface area (Å²) in [7, 11) is 2.53. The Bertz CT molecular complexity index is 1750. The summed E-state index contributed by atoms with van der Waals surface area (Å²) in [4.78, 5) is 55.8. The van der Waals surface area contributed by atoms with Gasteiger partial charge in [0.05, 0.1) is 29.4 Å². The second-order valence-corrected chi connectivity index (χ2v) is 13.5. The van der Waals surface area contributed by atoms with Crippen molar-refractivity contribution in [2.45, 2.75) is 34.7 Å². The summed E-state index contributed by atoms with van der Waals surface area (Å²) in [6.45, 7) is 0. The van der Waals surface area contributed by atoms with Gasteiger partial charge in [-0.2, -0.15) is 18.2 Å². The summed E-state index contributed by atoms with van der Waals surface area (Å²) < 4.78 is 46.0. The van der Waals surface area contributed by atoms with Crippen LogP contribution in [0.3, 0.4) is 0 Å². The minimum atomic E-state index is -4.83. The van der Waals surface area contributed by atoms with Gasteiger partial charge in [0.15, 0.2) is 15.6 Å². The first-order chi connectivity index (χ1) is 21.5. The van der Waals surface area contributed by atoms with Crippen LogP contribution in [0.2, 0.25) is 5.02 Å². The van der Waals surface area contributed by atoms with Crippen molar-refractivity contribution in [1.82, 2.24) is 14.9 Å². The van der Waals surface area contributed by atoms with Gasteiger partial charge in [0, 0.05) is 18.5 Å². The average Bonchev–Trinajstić information content (AvgIpc) is 3.34. The second kappa shape index (κ2) is 11.0. The van der Waals surface area contributed by atoms with Gasteiger partial charge in [0.1, 0.15) is 17.2 Å². The van der Waals surface area contributed by atoms with Crippen LogP contribution in [0.1, 0.15) is 30.0 Å². The molecule has 1 N–H and O–H groups in total. The van der Waals surface area contributed by atoms with Crippen LogP contribution < -0.4 is 9.75 Å². The van der Waals surface area contributed by atoms with Gasteiger partial charge in [-0.05, 0) is 43.0 Å². The fourth-order valence-electron chi connectivity index (χ4n) is 7.26. The third kappa shape index (κ3) is 4.32. The number of nitrogens with zero attached hydrogens (tertiary/aromatic N) is 4. The van der Waals surface area contributed by atoms with E-state index in [1.165, 1.54) is 32.4 Å². The number of hydrogen-bond donors (Lipinski definition) is 1. The molecule has 1 aromatic carbocycles. The number of carbonyl (C=O) groups excluding carboxylic acids is 4. The number of anilines is 1. The van der Waals surface area contributed by atoms with Crippen LogP contribution in [0.5, 0.6) is 11.5 Å². The third-order valence-corrected chi connectivity index (χ3v) is 11.5. The number of allylic oxidation sites excluding steroid dienone is 2. The van der Waals surface area contributed by atoms with E-state index < -0.39 is 74.7 Å². The normalized spacial score (nSPS) is 30.7. The number of imide groups is 2. The van der Waals surface area contributed by atoms with E-state index in [9.17, 15) is 37.5 Å². The highest BCUT2D eigenvalue weighted by atomic mass is 79.9. The van der Waals surface area contributed by atoms with E-state index in [1.54, 1.807) is 6.08 Å². The number of aromatic hydroxyl groups is 1. The number of rotatable bonds is 5. The smallest absolute Gasteiger partial charge is 0.433 e. The Morgan fingerprint density at radius 3 is 2.43 bits per heavy atom. The van der Waals surface area contributed by atoms with E-state index in [1.807, 2.05) is 0 Å². The van der Waals surface area contributed by atoms with Crippen LogP contribution in [-0.2, 0) is 25.4 Å². The number of fused-ring (bicyclic) bond motifs is 4. The van der Waals surface area contributed by atoms with Gasteiger partial charge in [-0.25, -0.2) is 4.98 Å². The van der Waals surface area contributed by atoms with Gasteiger partial charge in [0.2, 0.25) is 0 Å². The monoisotopic (exact) mass is 764 g/mol. The lowest BCUT2D eigenvalue weighted by atomic mass is 9.56. The predicted octanol–water partition coefficient (Wildman–Crippen LogP) is 5.23. The summed E-state index contributed by atoms with van der Waals surface area (Å²) in [6.07, 6.45) is -3.56. The molecule has 17 heteroatoms. The molecule has 2 aliphatic carbocycles. The molecule has 0 bridgehead atoms. The highest BCUT2D eigenvalue weighted by Crippen LogP contribution is 2.67. The highest BCUT2D eigenvalue weighted by Gasteiger charge is 2.77. The number of phenolic OH excluding ortho intramolecular Hbond substituents is 1. The zero-order chi connectivity index (χ0) is 33.7. The third-order valence-electron chi connectivity index (χ3n) is 9.27. The fourth-order valence-corrected chi connectivity index (χ4v) is 8.90. The van der Waals surface area contributed by atoms with Crippen molar-refractivity contribution in [3.63, 3.8) is 0 Å². The number of likely N-dealkylation sites (tertiary alicyclic amines) is 1. The summed E-state index contributed by atoms with van der Waals surface area (Å²) in [5, 5.41) is 12.4. The van der Waals surface area contributed by atoms with E-state index in [0.717, 1.165) is 16.0 Å². The summed E-state index contributed by atoms with van der Waals surface area (Å²) in [5.74, 6) is -8.31. The van der Waals surface area contributed by atoms with Crippen molar-refractivity contribution < 1.29 is 42.2 Å². The van der Waals surface area contributed by atoms with Gasteiger partial charge in [0.25, 0.3) is 23.6 Å². The Balaban J connectivity index is 1.49. The molecule has 6 atom stereocenters. The number of aromatic nitrogens is 1. The lowest BCUT2D eigenvalue weighted by Gasteiger charge is -2.50. The Hall–Kier alpha value is -3.07. The van der Waals surface area contributed by atoms with E-state index in [4.69, 9.17) is 39.5 Å². The first-order valence-electron chi connectivity index (χ1n) is 13.8. The number of hydrogen-bond acceptors (Lipinski definition) is 8. The largest absolute Gasteiger partial charge is 0.508 e. The molecule has 0 spiro atoms.